The van der Waals surface area contributed by atoms with Crippen molar-refractivity contribution in [3.8, 4) is 11.1 Å². The Kier molecular flexibility index (Phi) is 10.0. The predicted molar refractivity (Wildman–Crippen MR) is 182 cm³/mol. The summed E-state index contributed by atoms with van der Waals surface area (Å²) in [6.07, 6.45) is 2.37. The number of carbonyl (C=O) groups is 2. The second kappa shape index (κ2) is 14.0. The number of rotatable bonds is 8. The van der Waals surface area contributed by atoms with Crippen LogP contribution < -0.4 is 0 Å². The number of fused-ring (bicyclic) bond motifs is 1. The zero-order chi connectivity index (χ0) is 35.2. The van der Waals surface area contributed by atoms with Crippen LogP contribution in [0.5, 0.6) is 0 Å². The number of hydrogen-bond donors (Lipinski definition) is 0. The summed E-state index contributed by atoms with van der Waals surface area (Å²) in [4.78, 5) is 36.3. The molecule has 3 atom stereocenters. The van der Waals surface area contributed by atoms with E-state index in [9.17, 15) is 14.0 Å². The molecule has 3 aromatic rings. The molecule has 0 spiro atoms. The fraction of sp³-hybridized carbons (Fsp3) is 0.595. The number of likely N-dealkylation sites (tertiary alicyclic amines) is 2. The zero-order valence-corrected chi connectivity index (χ0v) is 29.7. The number of benzene rings is 1. The first-order valence-electron chi connectivity index (χ1n) is 17.4. The maximum atomic E-state index is 15.5. The molecule has 3 aliphatic heterocycles. The highest BCUT2D eigenvalue weighted by atomic mass is 19.1. The van der Waals surface area contributed by atoms with Crippen LogP contribution in [0.2, 0.25) is 0 Å². The van der Waals surface area contributed by atoms with E-state index in [1.165, 1.54) is 12.1 Å². The molecule has 6 rings (SSSR count). The quantitative estimate of drug-likeness (QED) is 0.293. The predicted octanol–water partition coefficient (Wildman–Crippen LogP) is 5.90. The molecule has 0 unspecified atom stereocenters. The van der Waals surface area contributed by atoms with Crippen LogP contribution in [0.15, 0.2) is 30.5 Å². The Hall–Kier alpha value is -3.61. The SMILES string of the molecule is Cc1nc(F)c2c(-c3ccc(F)cc3C(=O)N3CCOC[C@H]3C)cc(C3CN([C@H](CO[C@H]4CCN(C(=O)OC(C)(C)C)C4)C(C)C)C3)cn12. The monoisotopic (exact) mass is 681 g/mol. The van der Waals surface area contributed by atoms with Gasteiger partial charge in [-0.05, 0) is 76.3 Å². The van der Waals surface area contributed by atoms with Gasteiger partial charge < -0.3 is 28.4 Å². The second-order valence-corrected chi connectivity index (χ2v) is 15.1. The summed E-state index contributed by atoms with van der Waals surface area (Å²) >= 11 is 0. The number of aryl methyl sites for hydroxylation is 1. The molecule has 1 aromatic carbocycles. The van der Waals surface area contributed by atoms with Gasteiger partial charge in [0.25, 0.3) is 5.91 Å². The van der Waals surface area contributed by atoms with Gasteiger partial charge in [-0.1, -0.05) is 19.9 Å². The lowest BCUT2D eigenvalue weighted by Gasteiger charge is -2.46. The fourth-order valence-corrected chi connectivity index (χ4v) is 7.18. The average Bonchev–Trinajstić information content (AvgIpc) is 3.60. The van der Waals surface area contributed by atoms with E-state index >= 15 is 4.39 Å². The molecule has 2 aromatic heterocycles. The second-order valence-electron chi connectivity index (χ2n) is 15.1. The summed E-state index contributed by atoms with van der Waals surface area (Å²) < 4.78 is 49.3. The van der Waals surface area contributed by atoms with E-state index in [2.05, 4.69) is 23.7 Å². The number of hydrogen-bond acceptors (Lipinski definition) is 7. The number of nitrogens with zero attached hydrogens (tertiary/aromatic N) is 5. The van der Waals surface area contributed by atoms with Crippen molar-refractivity contribution in [2.45, 2.75) is 84.6 Å². The standard InChI is InChI=1S/C37H49F2N5O5/c1-22(2)32(21-48-28-10-11-41(19-28)36(46)49-37(5,6)7)42-16-26(17-42)25-14-30(33-34(39)40-24(4)44(33)18-25)29-9-8-27(38)15-31(29)35(45)43-12-13-47-20-23(43)3/h8-9,14-15,18,22-23,26,28,32H,10-13,16-17,19-21H2,1-7H3/t23-,28+,32-/m1/s1. The van der Waals surface area contributed by atoms with Crippen molar-refractivity contribution in [2.75, 3.05) is 52.5 Å². The van der Waals surface area contributed by atoms with Gasteiger partial charge >= 0.3 is 6.09 Å². The molecule has 0 saturated carbocycles. The van der Waals surface area contributed by atoms with Crippen LogP contribution in [0, 0.1) is 24.6 Å². The molecule has 2 amide bonds. The van der Waals surface area contributed by atoms with E-state index in [1.807, 2.05) is 40.0 Å². The normalized spacial score (nSPS) is 21.4. The third-order valence-corrected chi connectivity index (χ3v) is 9.94. The summed E-state index contributed by atoms with van der Waals surface area (Å²) in [5, 5.41) is 0. The number of ether oxygens (including phenoxy) is 3. The third-order valence-electron chi connectivity index (χ3n) is 9.94. The summed E-state index contributed by atoms with van der Waals surface area (Å²) in [6, 6.07) is 6.08. The van der Waals surface area contributed by atoms with Gasteiger partial charge in [0.15, 0.2) is 0 Å². The van der Waals surface area contributed by atoms with E-state index in [4.69, 9.17) is 14.2 Å². The first-order chi connectivity index (χ1) is 23.2. The van der Waals surface area contributed by atoms with Crippen LogP contribution in [0.4, 0.5) is 13.6 Å². The minimum Gasteiger partial charge on any atom is -0.444 e. The Balaban J connectivity index is 1.20. The summed E-state index contributed by atoms with van der Waals surface area (Å²) in [7, 11) is 0. The zero-order valence-electron chi connectivity index (χ0n) is 29.7. The highest BCUT2D eigenvalue weighted by Gasteiger charge is 2.38. The van der Waals surface area contributed by atoms with Crippen LogP contribution in [-0.4, -0.2) is 112 Å². The summed E-state index contributed by atoms with van der Waals surface area (Å²) in [6.45, 7) is 18.1. The van der Waals surface area contributed by atoms with Crippen molar-refractivity contribution in [2.24, 2.45) is 5.92 Å². The van der Waals surface area contributed by atoms with Gasteiger partial charge in [0, 0.05) is 49.9 Å². The van der Waals surface area contributed by atoms with E-state index in [0.29, 0.717) is 62.3 Å². The smallest absolute Gasteiger partial charge is 0.410 e. The molecule has 3 aliphatic rings. The minimum atomic E-state index is -0.633. The summed E-state index contributed by atoms with van der Waals surface area (Å²) in [5.74, 6) is -0.487. The molecule has 3 fully saturated rings. The molecule has 12 heteroatoms. The Morgan fingerprint density at radius 3 is 2.53 bits per heavy atom. The number of amides is 2. The topological polar surface area (TPSA) is 88.9 Å². The van der Waals surface area contributed by atoms with Gasteiger partial charge in [0.1, 0.15) is 22.8 Å². The first-order valence-corrected chi connectivity index (χ1v) is 17.4. The number of halogens is 2. The van der Waals surface area contributed by atoms with Crippen molar-refractivity contribution < 1.29 is 32.6 Å². The van der Waals surface area contributed by atoms with Gasteiger partial charge in [-0.15, -0.1) is 0 Å². The highest BCUT2D eigenvalue weighted by molar-refractivity contribution is 6.03. The number of carbonyl (C=O) groups excluding carboxylic acids is 2. The van der Waals surface area contributed by atoms with Gasteiger partial charge in [0.05, 0.1) is 44.1 Å². The van der Waals surface area contributed by atoms with E-state index in [1.54, 1.807) is 27.2 Å². The molecule has 10 nitrogen and oxygen atoms in total. The minimum absolute atomic E-state index is 0.0389. The Morgan fingerprint density at radius 1 is 1.08 bits per heavy atom. The molecule has 0 aliphatic carbocycles. The van der Waals surface area contributed by atoms with Gasteiger partial charge in [-0.2, -0.15) is 4.39 Å². The molecule has 5 heterocycles. The van der Waals surface area contributed by atoms with Crippen molar-refractivity contribution in [1.29, 1.82) is 0 Å². The lowest BCUT2D eigenvalue weighted by molar-refractivity contribution is -0.0286. The third kappa shape index (κ3) is 7.46. The van der Waals surface area contributed by atoms with Crippen LogP contribution in [0.3, 0.4) is 0 Å². The van der Waals surface area contributed by atoms with Gasteiger partial charge in [0.2, 0.25) is 5.95 Å². The van der Waals surface area contributed by atoms with Crippen LogP contribution in [0.25, 0.3) is 16.6 Å². The number of morpholine rings is 1. The molecule has 0 N–H and O–H groups in total. The van der Waals surface area contributed by atoms with Crippen molar-refractivity contribution in [3.05, 3.63) is 59.2 Å². The molecule has 0 radical (unpaired) electrons. The maximum Gasteiger partial charge on any atom is 0.410 e. The number of imidazole rings is 1. The van der Waals surface area contributed by atoms with E-state index in [-0.39, 0.29) is 47.2 Å². The fourth-order valence-electron chi connectivity index (χ4n) is 7.18. The van der Waals surface area contributed by atoms with Crippen LogP contribution in [-0.2, 0) is 14.2 Å². The first kappa shape index (κ1) is 35.2. The summed E-state index contributed by atoms with van der Waals surface area (Å²) in [5.41, 5.74) is 1.89. The molecule has 0 bridgehead atoms. The molecular weight excluding hydrogens is 632 g/mol. The van der Waals surface area contributed by atoms with Crippen LogP contribution in [0.1, 0.15) is 75.6 Å². The number of pyridine rings is 1. The molecule has 266 valence electrons. The van der Waals surface area contributed by atoms with Gasteiger partial charge in [-0.25, -0.2) is 14.2 Å². The van der Waals surface area contributed by atoms with Crippen molar-refractivity contribution in [3.63, 3.8) is 0 Å². The molecule has 3 saturated heterocycles. The average molecular weight is 682 g/mol. The Labute approximate surface area is 287 Å². The molecule has 49 heavy (non-hydrogen) atoms. The van der Waals surface area contributed by atoms with Crippen molar-refractivity contribution in [1.82, 2.24) is 24.1 Å². The molecular formula is C37H49F2N5O5. The van der Waals surface area contributed by atoms with Gasteiger partial charge in [-0.3, -0.25) is 9.69 Å². The largest absolute Gasteiger partial charge is 0.444 e. The lowest BCUT2D eigenvalue weighted by atomic mass is 9.86. The van der Waals surface area contributed by atoms with Crippen molar-refractivity contribution >= 4 is 17.5 Å². The maximum absolute atomic E-state index is 15.5. The lowest BCUT2D eigenvalue weighted by Crippen LogP contribution is -2.54. The number of aromatic nitrogens is 2. The van der Waals surface area contributed by atoms with Crippen LogP contribution >= 0.6 is 0 Å². The Morgan fingerprint density at radius 2 is 1.84 bits per heavy atom. The van der Waals surface area contributed by atoms with E-state index in [0.717, 1.165) is 25.1 Å². The van der Waals surface area contributed by atoms with E-state index < -0.39 is 17.4 Å². The Bertz CT molecular complexity index is 1700. The highest BCUT2D eigenvalue weighted by Crippen LogP contribution is 2.38.